The second-order valence-electron chi connectivity index (χ2n) is 6.49. The fraction of sp³-hybridized carbons (Fsp3) is 0.824. The lowest BCUT2D eigenvalue weighted by molar-refractivity contribution is 0.0776. The smallest absolute Gasteiger partial charge is 0.415 e. The number of nitrogens with zero attached hydrogens (tertiary/aromatic N) is 1. The third-order valence-electron chi connectivity index (χ3n) is 3.56. The number of aliphatic hydroxyl groups is 1. The van der Waals surface area contributed by atoms with E-state index >= 15 is 0 Å². The SMILES string of the molecule is CCC[C@@H](/C=C\OC(=O)N(C(C)C)C(C)C)[C@H](O)C(C)C. The maximum Gasteiger partial charge on any atom is 0.415 e. The van der Waals surface area contributed by atoms with E-state index in [1.165, 1.54) is 6.26 Å². The molecular formula is C17H33NO3. The van der Waals surface area contributed by atoms with Gasteiger partial charge in [0.15, 0.2) is 0 Å². The van der Waals surface area contributed by atoms with Gasteiger partial charge in [-0.05, 0) is 46.1 Å². The molecule has 0 fully saturated rings. The Morgan fingerprint density at radius 2 is 1.67 bits per heavy atom. The highest BCUT2D eigenvalue weighted by Crippen LogP contribution is 2.19. The molecule has 0 rings (SSSR count). The molecule has 0 saturated heterocycles. The molecule has 1 N–H and O–H groups in total. The summed E-state index contributed by atoms with van der Waals surface area (Å²) in [6, 6.07) is 0.192. The summed E-state index contributed by atoms with van der Waals surface area (Å²) in [5, 5.41) is 10.2. The first-order valence-corrected chi connectivity index (χ1v) is 8.05. The average molecular weight is 299 g/mol. The topological polar surface area (TPSA) is 49.8 Å². The predicted octanol–water partition coefficient (Wildman–Crippen LogP) is 4.19. The van der Waals surface area contributed by atoms with Crippen LogP contribution in [-0.4, -0.2) is 34.3 Å². The minimum Gasteiger partial charge on any atom is -0.418 e. The highest BCUT2D eigenvalue weighted by atomic mass is 16.5. The van der Waals surface area contributed by atoms with Gasteiger partial charge in [0, 0.05) is 18.0 Å². The first-order valence-electron chi connectivity index (χ1n) is 8.05. The minimum atomic E-state index is -0.411. The van der Waals surface area contributed by atoms with Crippen LogP contribution in [0, 0.1) is 11.8 Å². The van der Waals surface area contributed by atoms with Crippen molar-refractivity contribution in [2.75, 3.05) is 0 Å². The van der Waals surface area contributed by atoms with Crippen molar-refractivity contribution in [3.05, 3.63) is 12.3 Å². The normalized spacial score (nSPS) is 15.0. The molecule has 0 radical (unpaired) electrons. The van der Waals surface area contributed by atoms with Crippen molar-refractivity contribution < 1.29 is 14.6 Å². The Kier molecular flexibility index (Phi) is 9.34. The van der Waals surface area contributed by atoms with Gasteiger partial charge in [-0.3, -0.25) is 0 Å². The van der Waals surface area contributed by atoms with Crippen LogP contribution < -0.4 is 0 Å². The highest BCUT2D eigenvalue weighted by molar-refractivity contribution is 5.68. The van der Waals surface area contributed by atoms with Gasteiger partial charge in [-0.25, -0.2) is 4.79 Å². The van der Waals surface area contributed by atoms with E-state index in [0.717, 1.165) is 12.8 Å². The molecule has 0 aliphatic carbocycles. The van der Waals surface area contributed by atoms with Crippen molar-refractivity contribution in [3.8, 4) is 0 Å². The summed E-state index contributed by atoms with van der Waals surface area (Å²) in [7, 11) is 0. The molecule has 124 valence electrons. The monoisotopic (exact) mass is 299 g/mol. The van der Waals surface area contributed by atoms with E-state index in [2.05, 4.69) is 6.92 Å². The van der Waals surface area contributed by atoms with E-state index < -0.39 is 6.10 Å². The third kappa shape index (κ3) is 6.98. The van der Waals surface area contributed by atoms with Gasteiger partial charge in [-0.1, -0.05) is 27.2 Å². The van der Waals surface area contributed by atoms with E-state index in [0.29, 0.717) is 0 Å². The molecule has 2 atom stereocenters. The molecule has 0 aromatic rings. The molecule has 0 unspecified atom stereocenters. The average Bonchev–Trinajstić information content (AvgIpc) is 2.35. The van der Waals surface area contributed by atoms with Gasteiger partial charge in [0.25, 0.3) is 0 Å². The lowest BCUT2D eigenvalue weighted by atomic mass is 9.90. The number of hydrogen-bond donors (Lipinski definition) is 1. The molecule has 0 bridgehead atoms. The van der Waals surface area contributed by atoms with Gasteiger partial charge in [-0.2, -0.15) is 0 Å². The zero-order valence-corrected chi connectivity index (χ0v) is 14.7. The molecule has 4 nitrogen and oxygen atoms in total. The number of aliphatic hydroxyl groups excluding tert-OH is 1. The Bertz CT molecular complexity index is 316. The predicted molar refractivity (Wildman–Crippen MR) is 87.0 cm³/mol. The van der Waals surface area contributed by atoms with Crippen LogP contribution in [0.5, 0.6) is 0 Å². The first kappa shape index (κ1) is 20.0. The van der Waals surface area contributed by atoms with Crippen molar-refractivity contribution in [3.63, 3.8) is 0 Å². The Morgan fingerprint density at radius 1 is 1.14 bits per heavy atom. The number of amides is 1. The van der Waals surface area contributed by atoms with Crippen molar-refractivity contribution in [2.24, 2.45) is 11.8 Å². The molecule has 0 aliphatic heterocycles. The van der Waals surface area contributed by atoms with Crippen LogP contribution in [0.4, 0.5) is 4.79 Å². The quantitative estimate of drug-likeness (QED) is 0.684. The third-order valence-corrected chi connectivity index (χ3v) is 3.56. The van der Waals surface area contributed by atoms with E-state index in [1.54, 1.807) is 4.90 Å². The van der Waals surface area contributed by atoms with Crippen LogP contribution in [-0.2, 0) is 4.74 Å². The zero-order valence-electron chi connectivity index (χ0n) is 14.7. The summed E-state index contributed by atoms with van der Waals surface area (Å²) in [6.07, 6.45) is 4.36. The van der Waals surface area contributed by atoms with Crippen LogP contribution in [0.25, 0.3) is 0 Å². The van der Waals surface area contributed by atoms with Crippen LogP contribution in [0.3, 0.4) is 0 Å². The molecule has 0 aromatic heterocycles. The van der Waals surface area contributed by atoms with E-state index in [9.17, 15) is 9.90 Å². The fourth-order valence-electron chi connectivity index (χ4n) is 2.49. The molecule has 0 aliphatic rings. The second kappa shape index (κ2) is 9.82. The minimum absolute atomic E-state index is 0.0225. The maximum atomic E-state index is 12.1. The van der Waals surface area contributed by atoms with Gasteiger partial charge < -0.3 is 14.7 Å². The summed E-state index contributed by atoms with van der Waals surface area (Å²) in [5.41, 5.74) is 0. The Hall–Kier alpha value is -1.03. The first-order chi connectivity index (χ1) is 9.72. The summed E-state index contributed by atoms with van der Waals surface area (Å²) in [5.74, 6) is 0.207. The van der Waals surface area contributed by atoms with E-state index in [-0.39, 0.29) is 30.0 Å². The van der Waals surface area contributed by atoms with Crippen molar-refractivity contribution >= 4 is 6.09 Å². The summed E-state index contributed by atoms with van der Waals surface area (Å²) >= 11 is 0. The van der Waals surface area contributed by atoms with Crippen molar-refractivity contribution in [2.45, 2.75) is 79.5 Å². The van der Waals surface area contributed by atoms with E-state index in [4.69, 9.17) is 4.74 Å². The number of ether oxygens (including phenoxy) is 1. The van der Waals surface area contributed by atoms with E-state index in [1.807, 2.05) is 47.6 Å². The largest absolute Gasteiger partial charge is 0.418 e. The van der Waals surface area contributed by atoms with Crippen molar-refractivity contribution in [1.82, 2.24) is 4.90 Å². The zero-order chi connectivity index (χ0) is 16.6. The van der Waals surface area contributed by atoms with Crippen LogP contribution >= 0.6 is 0 Å². The van der Waals surface area contributed by atoms with Gasteiger partial charge in [0.1, 0.15) is 0 Å². The summed E-state index contributed by atoms with van der Waals surface area (Å²) in [6.45, 7) is 13.9. The van der Waals surface area contributed by atoms with Gasteiger partial charge in [0.05, 0.1) is 12.4 Å². The summed E-state index contributed by atoms with van der Waals surface area (Å²) < 4.78 is 5.23. The van der Waals surface area contributed by atoms with Gasteiger partial charge >= 0.3 is 6.09 Å². The number of carbonyl (C=O) groups is 1. The van der Waals surface area contributed by atoms with Gasteiger partial charge in [0.2, 0.25) is 0 Å². The molecular weight excluding hydrogens is 266 g/mol. The van der Waals surface area contributed by atoms with Crippen LogP contribution in [0.15, 0.2) is 12.3 Å². The maximum absolute atomic E-state index is 12.1. The molecule has 21 heavy (non-hydrogen) atoms. The lowest BCUT2D eigenvalue weighted by Gasteiger charge is -2.29. The van der Waals surface area contributed by atoms with Gasteiger partial charge in [-0.15, -0.1) is 0 Å². The summed E-state index contributed by atoms with van der Waals surface area (Å²) in [4.78, 5) is 13.8. The standard InChI is InChI=1S/C17H33NO3/c1-8-9-15(16(19)12(2)3)10-11-21-17(20)18(13(4)5)14(6)7/h10-16,19H,8-9H2,1-7H3/b11-10-/t15-,16+/m0/s1. The molecule has 0 spiro atoms. The number of carbonyl (C=O) groups excluding carboxylic acids is 1. The number of hydrogen-bond acceptors (Lipinski definition) is 3. The van der Waals surface area contributed by atoms with Crippen molar-refractivity contribution in [1.29, 1.82) is 0 Å². The fourth-order valence-corrected chi connectivity index (χ4v) is 2.49. The molecule has 4 heteroatoms. The Labute approximate surface area is 130 Å². The molecule has 0 aromatic carbocycles. The Balaban J connectivity index is 4.67. The Morgan fingerprint density at radius 3 is 2.05 bits per heavy atom. The molecule has 1 amide bonds. The van der Waals surface area contributed by atoms with Crippen LogP contribution in [0.2, 0.25) is 0 Å². The van der Waals surface area contributed by atoms with Crippen LogP contribution in [0.1, 0.15) is 61.3 Å². The lowest BCUT2D eigenvalue weighted by Crippen LogP contribution is -2.41. The number of rotatable bonds is 8. The molecule has 0 heterocycles. The molecule has 0 saturated carbocycles. The highest BCUT2D eigenvalue weighted by Gasteiger charge is 2.22. The second-order valence-corrected chi connectivity index (χ2v) is 6.49.